The molecule has 0 radical (unpaired) electrons. The average molecular weight is 243 g/mol. The van der Waals surface area contributed by atoms with Gasteiger partial charge in [0.1, 0.15) is 0 Å². The molecule has 0 saturated carbocycles. The fraction of sp³-hybridized carbons (Fsp3) is 0.917. The third-order valence-corrected chi connectivity index (χ3v) is 3.02. The van der Waals surface area contributed by atoms with Gasteiger partial charge in [0.05, 0.1) is 12.1 Å². The molecular formula is C12H25N3O2. The summed E-state index contributed by atoms with van der Waals surface area (Å²) >= 11 is 0. The van der Waals surface area contributed by atoms with Gasteiger partial charge in [-0.3, -0.25) is 9.63 Å². The molecule has 1 rings (SSSR count). The number of nitrogens with two attached hydrogens (primary N) is 1. The maximum Gasteiger partial charge on any atom is 0.242 e. The number of nitrogens with zero attached hydrogens (tertiary/aromatic N) is 2. The molecule has 0 spiro atoms. The Hall–Kier alpha value is -0.650. The molecular weight excluding hydrogens is 218 g/mol. The fourth-order valence-corrected chi connectivity index (χ4v) is 1.96. The van der Waals surface area contributed by atoms with E-state index in [0.717, 1.165) is 32.5 Å². The first-order chi connectivity index (χ1) is 7.80. The highest BCUT2D eigenvalue weighted by Gasteiger charge is 2.30. The van der Waals surface area contributed by atoms with Gasteiger partial charge in [-0.25, -0.2) is 0 Å². The van der Waals surface area contributed by atoms with Crippen molar-refractivity contribution >= 4 is 5.91 Å². The van der Waals surface area contributed by atoms with E-state index in [-0.39, 0.29) is 5.91 Å². The van der Waals surface area contributed by atoms with Crippen molar-refractivity contribution in [2.45, 2.75) is 32.2 Å². The van der Waals surface area contributed by atoms with Gasteiger partial charge in [0.25, 0.3) is 0 Å². The molecule has 17 heavy (non-hydrogen) atoms. The molecule has 100 valence electrons. The van der Waals surface area contributed by atoms with E-state index in [2.05, 4.69) is 0 Å². The lowest BCUT2D eigenvalue weighted by Crippen LogP contribution is -2.53. The van der Waals surface area contributed by atoms with Crippen molar-refractivity contribution < 1.29 is 9.63 Å². The lowest BCUT2D eigenvalue weighted by atomic mass is 9.95. The summed E-state index contributed by atoms with van der Waals surface area (Å²) in [7, 11) is 3.77. The Kier molecular flexibility index (Phi) is 4.91. The van der Waals surface area contributed by atoms with Crippen LogP contribution in [0.25, 0.3) is 0 Å². The summed E-state index contributed by atoms with van der Waals surface area (Å²) in [6.07, 6.45) is 1.99. The molecule has 0 aliphatic carbocycles. The maximum atomic E-state index is 12.0. The molecule has 1 saturated heterocycles. The summed E-state index contributed by atoms with van der Waals surface area (Å²) in [4.78, 5) is 19.3. The SMILES string of the molecule is CN(C)OCC1CCN(C(=O)C(C)(C)N)CC1. The summed E-state index contributed by atoms with van der Waals surface area (Å²) in [5, 5.41) is 1.72. The van der Waals surface area contributed by atoms with Gasteiger partial charge >= 0.3 is 0 Å². The van der Waals surface area contributed by atoms with E-state index in [1.54, 1.807) is 18.9 Å². The number of carbonyl (C=O) groups excluding carboxylic acids is 1. The highest BCUT2D eigenvalue weighted by molar-refractivity contribution is 5.85. The van der Waals surface area contributed by atoms with Crippen LogP contribution in [0.4, 0.5) is 0 Å². The van der Waals surface area contributed by atoms with Gasteiger partial charge in [-0.15, -0.1) is 0 Å². The predicted octanol–water partition coefficient (Wildman–Crippen LogP) is 0.456. The molecule has 1 heterocycles. The molecule has 1 fully saturated rings. The van der Waals surface area contributed by atoms with Crippen LogP contribution in [-0.4, -0.2) is 55.2 Å². The lowest BCUT2D eigenvalue weighted by molar-refractivity contribution is -0.145. The largest absolute Gasteiger partial charge is 0.341 e. The minimum atomic E-state index is -0.757. The Labute approximate surface area is 104 Å². The molecule has 2 N–H and O–H groups in total. The van der Waals surface area contributed by atoms with E-state index in [0.29, 0.717) is 5.92 Å². The van der Waals surface area contributed by atoms with Crippen LogP contribution in [-0.2, 0) is 9.63 Å². The van der Waals surface area contributed by atoms with Crippen LogP contribution in [0, 0.1) is 5.92 Å². The number of carbonyl (C=O) groups is 1. The number of amides is 1. The summed E-state index contributed by atoms with van der Waals surface area (Å²) in [5.74, 6) is 0.590. The summed E-state index contributed by atoms with van der Waals surface area (Å²) < 4.78 is 0. The lowest BCUT2D eigenvalue weighted by Gasteiger charge is -2.35. The zero-order valence-corrected chi connectivity index (χ0v) is 11.4. The third-order valence-electron chi connectivity index (χ3n) is 3.02. The van der Waals surface area contributed by atoms with Crippen LogP contribution in [0.1, 0.15) is 26.7 Å². The molecule has 0 aromatic carbocycles. The maximum absolute atomic E-state index is 12.0. The minimum Gasteiger partial charge on any atom is -0.341 e. The van der Waals surface area contributed by atoms with Gasteiger partial charge in [0.2, 0.25) is 5.91 Å². The topological polar surface area (TPSA) is 58.8 Å². The molecule has 5 nitrogen and oxygen atoms in total. The van der Waals surface area contributed by atoms with Crippen molar-refractivity contribution in [2.24, 2.45) is 11.7 Å². The van der Waals surface area contributed by atoms with E-state index < -0.39 is 5.54 Å². The first-order valence-electron chi connectivity index (χ1n) is 6.19. The molecule has 1 aliphatic rings. The Morgan fingerprint density at radius 1 is 1.41 bits per heavy atom. The van der Waals surface area contributed by atoms with E-state index in [1.807, 2.05) is 19.0 Å². The van der Waals surface area contributed by atoms with E-state index in [1.165, 1.54) is 0 Å². The Balaban J connectivity index is 2.33. The fourth-order valence-electron chi connectivity index (χ4n) is 1.96. The van der Waals surface area contributed by atoms with Crippen molar-refractivity contribution in [1.82, 2.24) is 9.96 Å². The predicted molar refractivity (Wildman–Crippen MR) is 67.2 cm³/mol. The number of piperidine rings is 1. The number of hydrogen-bond donors (Lipinski definition) is 1. The molecule has 0 unspecified atom stereocenters. The van der Waals surface area contributed by atoms with Crippen LogP contribution in [0.5, 0.6) is 0 Å². The van der Waals surface area contributed by atoms with Gasteiger partial charge in [-0.05, 0) is 32.6 Å². The van der Waals surface area contributed by atoms with Gasteiger partial charge < -0.3 is 10.6 Å². The Bertz CT molecular complexity index is 253. The molecule has 0 aromatic rings. The molecule has 0 bridgehead atoms. The minimum absolute atomic E-state index is 0.0458. The number of hydroxylamine groups is 2. The second-order valence-corrected chi connectivity index (χ2v) is 5.57. The smallest absolute Gasteiger partial charge is 0.242 e. The molecule has 1 aliphatic heterocycles. The second-order valence-electron chi connectivity index (χ2n) is 5.57. The van der Waals surface area contributed by atoms with Gasteiger partial charge in [0.15, 0.2) is 0 Å². The van der Waals surface area contributed by atoms with Crippen molar-refractivity contribution in [3.05, 3.63) is 0 Å². The molecule has 0 atom stereocenters. The molecule has 1 amide bonds. The van der Waals surface area contributed by atoms with Crippen LogP contribution in [0.15, 0.2) is 0 Å². The highest BCUT2D eigenvalue weighted by atomic mass is 16.7. The first kappa shape index (κ1) is 14.4. The van der Waals surface area contributed by atoms with Crippen LogP contribution < -0.4 is 5.73 Å². The normalized spacial score (nSPS) is 18.8. The number of hydrogen-bond acceptors (Lipinski definition) is 4. The summed E-state index contributed by atoms with van der Waals surface area (Å²) in [6.45, 7) is 5.84. The monoisotopic (exact) mass is 243 g/mol. The van der Waals surface area contributed by atoms with Gasteiger partial charge in [-0.1, -0.05) is 0 Å². The van der Waals surface area contributed by atoms with E-state index in [4.69, 9.17) is 10.6 Å². The summed E-state index contributed by atoms with van der Waals surface area (Å²) in [5.41, 5.74) is 5.06. The van der Waals surface area contributed by atoms with Crippen LogP contribution >= 0.6 is 0 Å². The number of likely N-dealkylation sites (tertiary alicyclic amines) is 1. The quantitative estimate of drug-likeness (QED) is 0.729. The highest BCUT2D eigenvalue weighted by Crippen LogP contribution is 2.19. The van der Waals surface area contributed by atoms with Crippen molar-refractivity contribution in [3.8, 4) is 0 Å². The standard InChI is InChI=1S/C12H25N3O2/c1-12(2,13)11(16)15-7-5-10(6-8-15)9-17-14(3)4/h10H,5-9,13H2,1-4H3. The Morgan fingerprint density at radius 3 is 2.35 bits per heavy atom. The average Bonchev–Trinajstić information content (AvgIpc) is 2.25. The van der Waals surface area contributed by atoms with E-state index in [9.17, 15) is 4.79 Å². The number of rotatable bonds is 4. The van der Waals surface area contributed by atoms with Crippen LogP contribution in [0.2, 0.25) is 0 Å². The zero-order chi connectivity index (χ0) is 13.1. The van der Waals surface area contributed by atoms with E-state index >= 15 is 0 Å². The molecule has 0 aromatic heterocycles. The second kappa shape index (κ2) is 5.80. The first-order valence-corrected chi connectivity index (χ1v) is 6.19. The zero-order valence-electron chi connectivity index (χ0n) is 11.4. The Morgan fingerprint density at radius 2 is 1.94 bits per heavy atom. The third kappa shape index (κ3) is 4.61. The van der Waals surface area contributed by atoms with Crippen molar-refractivity contribution in [1.29, 1.82) is 0 Å². The van der Waals surface area contributed by atoms with Crippen molar-refractivity contribution in [3.63, 3.8) is 0 Å². The van der Waals surface area contributed by atoms with Crippen LogP contribution in [0.3, 0.4) is 0 Å². The van der Waals surface area contributed by atoms with Crippen molar-refractivity contribution in [2.75, 3.05) is 33.8 Å². The van der Waals surface area contributed by atoms with Gasteiger partial charge in [-0.2, -0.15) is 5.06 Å². The summed E-state index contributed by atoms with van der Waals surface area (Å²) in [6, 6.07) is 0. The van der Waals surface area contributed by atoms with Gasteiger partial charge in [0, 0.05) is 27.2 Å². The molecule has 5 heteroatoms.